The Bertz CT molecular complexity index is 125. The van der Waals surface area contributed by atoms with Gasteiger partial charge in [-0.1, -0.05) is 15.9 Å². The Kier molecular flexibility index (Phi) is 2.38. The Morgan fingerprint density at radius 2 is 2.20 bits per heavy atom. The van der Waals surface area contributed by atoms with Gasteiger partial charge in [0.15, 0.2) is 0 Å². The van der Waals surface area contributed by atoms with Crippen molar-refractivity contribution in [3.63, 3.8) is 0 Å². The lowest BCUT2D eigenvalue weighted by Gasteiger charge is -2.35. The van der Waals surface area contributed by atoms with Crippen molar-refractivity contribution in [1.29, 1.82) is 0 Å². The van der Waals surface area contributed by atoms with Crippen LogP contribution in [-0.2, 0) is 0 Å². The molecule has 3 atom stereocenters. The fourth-order valence-corrected chi connectivity index (χ4v) is 1.81. The smallest absolute Gasteiger partial charge is 0.0878 e. The number of aliphatic hydroxyl groups is 2. The van der Waals surface area contributed by atoms with Gasteiger partial charge in [-0.2, -0.15) is 0 Å². The molecule has 3 heteroatoms. The molecule has 0 radical (unpaired) electrons. The number of alkyl halides is 1. The molecule has 0 aliphatic heterocycles. The van der Waals surface area contributed by atoms with Crippen LogP contribution in [0.2, 0.25) is 0 Å². The van der Waals surface area contributed by atoms with E-state index in [0.717, 1.165) is 6.42 Å². The van der Waals surface area contributed by atoms with Crippen LogP contribution in [-0.4, -0.2) is 26.7 Å². The molecule has 1 fully saturated rings. The highest BCUT2D eigenvalue weighted by atomic mass is 79.9. The molecule has 0 bridgehead atoms. The molecular formula is C7H13BrO2. The van der Waals surface area contributed by atoms with Crippen LogP contribution >= 0.6 is 15.9 Å². The summed E-state index contributed by atoms with van der Waals surface area (Å²) in [4.78, 5) is 0.378. The Hall–Kier alpha value is 0.400. The number of hydrogen-bond donors (Lipinski definition) is 2. The average Bonchev–Trinajstić information content (AvgIpc) is 1.81. The molecular weight excluding hydrogens is 196 g/mol. The second kappa shape index (κ2) is 2.80. The fourth-order valence-electron chi connectivity index (χ4n) is 1.23. The SMILES string of the molecule is C[C@@]1(O)CC[C@@H](Br)C[C@H]1O. The Balaban J connectivity index is 2.52. The van der Waals surface area contributed by atoms with Gasteiger partial charge in [0.25, 0.3) is 0 Å². The number of rotatable bonds is 0. The van der Waals surface area contributed by atoms with E-state index in [1.54, 1.807) is 6.92 Å². The predicted molar refractivity (Wildman–Crippen MR) is 43.2 cm³/mol. The molecule has 60 valence electrons. The van der Waals surface area contributed by atoms with Gasteiger partial charge in [0.1, 0.15) is 0 Å². The van der Waals surface area contributed by atoms with E-state index >= 15 is 0 Å². The molecule has 0 heterocycles. The lowest BCUT2D eigenvalue weighted by Crippen LogP contribution is -2.44. The Morgan fingerprint density at radius 1 is 1.60 bits per heavy atom. The molecule has 0 unspecified atom stereocenters. The van der Waals surface area contributed by atoms with Crippen molar-refractivity contribution in [1.82, 2.24) is 0 Å². The van der Waals surface area contributed by atoms with Crippen LogP contribution in [0, 0.1) is 0 Å². The topological polar surface area (TPSA) is 40.5 Å². The molecule has 0 saturated heterocycles. The van der Waals surface area contributed by atoms with Gasteiger partial charge in [-0.15, -0.1) is 0 Å². The third-order valence-electron chi connectivity index (χ3n) is 2.16. The maximum atomic E-state index is 9.49. The summed E-state index contributed by atoms with van der Waals surface area (Å²) in [5.41, 5.74) is -0.857. The summed E-state index contributed by atoms with van der Waals surface area (Å²) < 4.78 is 0. The number of aliphatic hydroxyl groups excluding tert-OH is 1. The van der Waals surface area contributed by atoms with Gasteiger partial charge in [-0.05, 0) is 26.2 Å². The van der Waals surface area contributed by atoms with E-state index in [1.807, 2.05) is 0 Å². The molecule has 0 aromatic rings. The van der Waals surface area contributed by atoms with Crippen LogP contribution in [0.1, 0.15) is 26.2 Å². The number of hydrogen-bond acceptors (Lipinski definition) is 2. The lowest BCUT2D eigenvalue weighted by molar-refractivity contribution is -0.0843. The van der Waals surface area contributed by atoms with Gasteiger partial charge < -0.3 is 10.2 Å². The lowest BCUT2D eigenvalue weighted by atomic mass is 9.84. The number of halogens is 1. The Labute approximate surface area is 69.4 Å². The van der Waals surface area contributed by atoms with Crippen molar-refractivity contribution in [3.8, 4) is 0 Å². The minimum absolute atomic E-state index is 0.378. The van der Waals surface area contributed by atoms with Gasteiger partial charge in [0, 0.05) is 4.83 Å². The molecule has 0 amide bonds. The first-order valence-corrected chi connectivity index (χ1v) is 4.48. The predicted octanol–water partition coefficient (Wildman–Crippen LogP) is 1.05. The molecule has 0 aromatic heterocycles. The van der Waals surface area contributed by atoms with Gasteiger partial charge in [-0.25, -0.2) is 0 Å². The summed E-state index contributed by atoms with van der Waals surface area (Å²) in [5, 5.41) is 18.8. The van der Waals surface area contributed by atoms with Crippen molar-refractivity contribution < 1.29 is 10.2 Å². The van der Waals surface area contributed by atoms with Crippen LogP contribution in [0.25, 0.3) is 0 Å². The molecule has 1 saturated carbocycles. The molecule has 0 spiro atoms. The van der Waals surface area contributed by atoms with Crippen LogP contribution in [0.15, 0.2) is 0 Å². The van der Waals surface area contributed by atoms with E-state index in [9.17, 15) is 10.2 Å². The normalized spacial score (nSPS) is 49.2. The standard InChI is InChI=1S/C7H13BrO2/c1-7(10)3-2-5(8)4-6(7)9/h5-6,9-10H,2-4H2,1H3/t5-,6-,7-/m1/s1. The zero-order chi connectivity index (χ0) is 7.78. The van der Waals surface area contributed by atoms with Gasteiger partial charge in [0.05, 0.1) is 11.7 Å². The highest BCUT2D eigenvalue weighted by molar-refractivity contribution is 9.09. The van der Waals surface area contributed by atoms with Crippen molar-refractivity contribution in [2.45, 2.75) is 42.7 Å². The van der Waals surface area contributed by atoms with Crippen molar-refractivity contribution >= 4 is 15.9 Å². The van der Waals surface area contributed by atoms with Crippen molar-refractivity contribution in [3.05, 3.63) is 0 Å². The van der Waals surface area contributed by atoms with Gasteiger partial charge in [-0.3, -0.25) is 0 Å². The van der Waals surface area contributed by atoms with E-state index < -0.39 is 11.7 Å². The second-order valence-electron chi connectivity index (χ2n) is 3.24. The highest BCUT2D eigenvalue weighted by Gasteiger charge is 2.36. The minimum atomic E-state index is -0.857. The third-order valence-corrected chi connectivity index (χ3v) is 2.99. The molecule has 10 heavy (non-hydrogen) atoms. The molecule has 1 rings (SSSR count). The van der Waals surface area contributed by atoms with Gasteiger partial charge in [0.2, 0.25) is 0 Å². The molecule has 2 N–H and O–H groups in total. The van der Waals surface area contributed by atoms with E-state index in [4.69, 9.17) is 0 Å². The summed E-state index contributed by atoms with van der Waals surface area (Å²) in [5.74, 6) is 0. The molecule has 0 aromatic carbocycles. The highest BCUT2D eigenvalue weighted by Crippen LogP contribution is 2.31. The summed E-state index contributed by atoms with van der Waals surface area (Å²) in [6.07, 6.45) is 1.73. The zero-order valence-electron chi connectivity index (χ0n) is 6.05. The van der Waals surface area contributed by atoms with E-state index in [-0.39, 0.29) is 0 Å². The third kappa shape index (κ3) is 1.71. The first kappa shape index (κ1) is 8.50. The van der Waals surface area contributed by atoms with E-state index in [1.165, 1.54) is 0 Å². The summed E-state index contributed by atoms with van der Waals surface area (Å²) >= 11 is 3.41. The fraction of sp³-hybridized carbons (Fsp3) is 1.00. The van der Waals surface area contributed by atoms with Crippen LogP contribution in [0.5, 0.6) is 0 Å². The van der Waals surface area contributed by atoms with Crippen molar-refractivity contribution in [2.75, 3.05) is 0 Å². The summed E-state index contributed by atoms with van der Waals surface area (Å²) in [7, 11) is 0. The largest absolute Gasteiger partial charge is 0.390 e. The molecule has 1 aliphatic carbocycles. The maximum Gasteiger partial charge on any atom is 0.0878 e. The quantitative estimate of drug-likeness (QED) is 0.585. The maximum absolute atomic E-state index is 9.49. The van der Waals surface area contributed by atoms with Crippen LogP contribution in [0.4, 0.5) is 0 Å². The second-order valence-corrected chi connectivity index (χ2v) is 4.54. The molecule has 1 aliphatic rings. The van der Waals surface area contributed by atoms with E-state index in [2.05, 4.69) is 15.9 Å². The zero-order valence-corrected chi connectivity index (χ0v) is 7.63. The van der Waals surface area contributed by atoms with E-state index in [0.29, 0.717) is 17.7 Å². The van der Waals surface area contributed by atoms with Crippen LogP contribution < -0.4 is 0 Å². The molecule has 2 nitrogen and oxygen atoms in total. The van der Waals surface area contributed by atoms with Gasteiger partial charge >= 0.3 is 0 Å². The summed E-state index contributed by atoms with van der Waals surface area (Å²) in [6.45, 7) is 1.69. The minimum Gasteiger partial charge on any atom is -0.390 e. The van der Waals surface area contributed by atoms with Crippen molar-refractivity contribution in [2.24, 2.45) is 0 Å². The Morgan fingerprint density at radius 3 is 2.60 bits per heavy atom. The average molecular weight is 209 g/mol. The van der Waals surface area contributed by atoms with Crippen LogP contribution in [0.3, 0.4) is 0 Å². The summed E-state index contributed by atoms with van der Waals surface area (Å²) in [6, 6.07) is 0. The first-order valence-electron chi connectivity index (χ1n) is 3.57. The first-order chi connectivity index (χ1) is 4.52. The monoisotopic (exact) mass is 208 g/mol.